The molecule has 6 heteroatoms. The molecular weight excluding hydrogens is 290 g/mol. The molecule has 0 aliphatic carbocycles. The summed E-state index contributed by atoms with van der Waals surface area (Å²) in [5.74, 6) is 0.980. The molecular formula is C15H18ClN3O2. The topological polar surface area (TPSA) is 62.3 Å². The molecule has 112 valence electrons. The van der Waals surface area contributed by atoms with Crippen molar-refractivity contribution >= 4 is 11.6 Å². The van der Waals surface area contributed by atoms with Crippen LogP contribution in [0.25, 0.3) is 0 Å². The molecule has 0 spiro atoms. The summed E-state index contributed by atoms with van der Waals surface area (Å²) >= 11 is 6.28. The van der Waals surface area contributed by atoms with Crippen LogP contribution in [-0.4, -0.2) is 30.1 Å². The molecule has 0 fully saturated rings. The number of para-hydroxylation sites is 1. The third kappa shape index (κ3) is 2.64. The molecule has 2 heterocycles. The van der Waals surface area contributed by atoms with Gasteiger partial charge in [-0.05, 0) is 6.07 Å². The Morgan fingerprint density at radius 1 is 1.52 bits per heavy atom. The summed E-state index contributed by atoms with van der Waals surface area (Å²) in [5.41, 5.74) is 8.42. The van der Waals surface area contributed by atoms with E-state index in [0.29, 0.717) is 24.8 Å². The van der Waals surface area contributed by atoms with Gasteiger partial charge in [-0.3, -0.25) is 4.68 Å². The van der Waals surface area contributed by atoms with Crippen molar-refractivity contribution in [2.24, 2.45) is 5.73 Å². The van der Waals surface area contributed by atoms with Gasteiger partial charge in [-0.2, -0.15) is 5.10 Å². The van der Waals surface area contributed by atoms with Gasteiger partial charge >= 0.3 is 0 Å². The molecule has 3 rings (SSSR count). The average molecular weight is 308 g/mol. The number of nitrogens with zero attached hydrogens (tertiary/aromatic N) is 2. The van der Waals surface area contributed by atoms with Crippen molar-refractivity contribution in [1.29, 1.82) is 0 Å². The van der Waals surface area contributed by atoms with Crippen LogP contribution < -0.4 is 10.5 Å². The number of hydrogen-bond acceptors (Lipinski definition) is 4. The molecule has 2 N–H and O–H groups in total. The maximum Gasteiger partial charge on any atom is 0.122 e. The second-order valence-corrected chi connectivity index (χ2v) is 5.48. The molecule has 0 amide bonds. The van der Waals surface area contributed by atoms with Gasteiger partial charge in [0.2, 0.25) is 0 Å². The SMILES string of the molecule is COCCn1ncc(Cl)c1C(N)C1COc2ccccc21. The van der Waals surface area contributed by atoms with E-state index in [4.69, 9.17) is 26.8 Å². The van der Waals surface area contributed by atoms with Crippen molar-refractivity contribution < 1.29 is 9.47 Å². The fourth-order valence-corrected chi connectivity index (χ4v) is 3.00. The highest BCUT2D eigenvalue weighted by atomic mass is 35.5. The van der Waals surface area contributed by atoms with Crippen LogP contribution in [0.3, 0.4) is 0 Å². The summed E-state index contributed by atoms with van der Waals surface area (Å²) in [5, 5.41) is 4.87. The van der Waals surface area contributed by atoms with Crippen molar-refractivity contribution in [2.75, 3.05) is 20.3 Å². The fourth-order valence-electron chi connectivity index (χ4n) is 2.73. The average Bonchev–Trinajstić information content (AvgIpc) is 3.08. The minimum absolute atomic E-state index is 0.0803. The molecule has 2 unspecified atom stereocenters. The minimum Gasteiger partial charge on any atom is -0.493 e. The van der Waals surface area contributed by atoms with Crippen LogP contribution in [0.1, 0.15) is 23.2 Å². The quantitative estimate of drug-likeness (QED) is 0.921. The molecule has 0 radical (unpaired) electrons. The molecule has 1 aromatic heterocycles. The van der Waals surface area contributed by atoms with Crippen LogP contribution in [0.2, 0.25) is 5.02 Å². The lowest BCUT2D eigenvalue weighted by atomic mass is 9.92. The maximum atomic E-state index is 6.47. The predicted octanol–water partition coefficient (Wildman–Crippen LogP) is 2.36. The molecule has 1 aliphatic rings. The Labute approximate surface area is 128 Å². The molecule has 1 aliphatic heterocycles. The first-order valence-electron chi connectivity index (χ1n) is 6.90. The fraction of sp³-hybridized carbons (Fsp3) is 0.400. The lowest BCUT2D eigenvalue weighted by Crippen LogP contribution is -2.25. The summed E-state index contributed by atoms with van der Waals surface area (Å²) in [6.07, 6.45) is 1.63. The second kappa shape index (κ2) is 6.05. The lowest BCUT2D eigenvalue weighted by Gasteiger charge is -2.20. The summed E-state index contributed by atoms with van der Waals surface area (Å²) in [6, 6.07) is 7.71. The molecule has 2 aromatic rings. The van der Waals surface area contributed by atoms with E-state index in [1.165, 1.54) is 0 Å². The number of methoxy groups -OCH3 is 1. The Morgan fingerprint density at radius 2 is 2.33 bits per heavy atom. The summed E-state index contributed by atoms with van der Waals surface area (Å²) in [4.78, 5) is 0. The molecule has 21 heavy (non-hydrogen) atoms. The Morgan fingerprint density at radius 3 is 3.14 bits per heavy atom. The predicted molar refractivity (Wildman–Crippen MR) is 80.7 cm³/mol. The van der Waals surface area contributed by atoms with Gasteiger partial charge in [0.25, 0.3) is 0 Å². The first kappa shape index (κ1) is 14.4. The Hall–Kier alpha value is -1.56. The molecule has 5 nitrogen and oxygen atoms in total. The smallest absolute Gasteiger partial charge is 0.122 e. The zero-order valence-corrected chi connectivity index (χ0v) is 12.6. The number of fused-ring (bicyclic) bond motifs is 1. The largest absolute Gasteiger partial charge is 0.493 e. The Bertz CT molecular complexity index is 629. The van der Waals surface area contributed by atoms with Gasteiger partial charge in [0.15, 0.2) is 0 Å². The van der Waals surface area contributed by atoms with Crippen molar-refractivity contribution in [1.82, 2.24) is 9.78 Å². The van der Waals surface area contributed by atoms with E-state index in [0.717, 1.165) is 17.0 Å². The van der Waals surface area contributed by atoms with Gasteiger partial charge in [-0.1, -0.05) is 29.8 Å². The number of rotatable bonds is 5. The van der Waals surface area contributed by atoms with E-state index in [9.17, 15) is 0 Å². The van der Waals surface area contributed by atoms with Crippen LogP contribution in [0, 0.1) is 0 Å². The number of halogens is 1. The molecule has 1 aromatic carbocycles. The third-order valence-electron chi connectivity index (χ3n) is 3.83. The third-order valence-corrected chi connectivity index (χ3v) is 4.12. The highest BCUT2D eigenvalue weighted by Gasteiger charge is 2.33. The summed E-state index contributed by atoms with van der Waals surface area (Å²) in [7, 11) is 1.66. The van der Waals surface area contributed by atoms with Crippen LogP contribution >= 0.6 is 11.6 Å². The highest BCUT2D eigenvalue weighted by Crippen LogP contribution is 2.41. The van der Waals surface area contributed by atoms with E-state index in [-0.39, 0.29) is 12.0 Å². The normalized spacial score (nSPS) is 18.3. The van der Waals surface area contributed by atoms with E-state index in [1.807, 2.05) is 22.9 Å². The van der Waals surface area contributed by atoms with Gasteiger partial charge in [0.1, 0.15) is 5.75 Å². The molecule has 0 saturated heterocycles. The van der Waals surface area contributed by atoms with Crippen molar-refractivity contribution in [3.8, 4) is 5.75 Å². The van der Waals surface area contributed by atoms with Crippen LogP contribution in [0.5, 0.6) is 5.75 Å². The number of aromatic nitrogens is 2. The zero-order valence-electron chi connectivity index (χ0n) is 11.8. The first-order chi connectivity index (χ1) is 10.2. The van der Waals surface area contributed by atoms with Crippen molar-refractivity contribution in [3.05, 3.63) is 46.7 Å². The van der Waals surface area contributed by atoms with Gasteiger partial charge in [-0.15, -0.1) is 0 Å². The summed E-state index contributed by atoms with van der Waals surface area (Å²) < 4.78 is 12.6. The number of ether oxygens (including phenoxy) is 2. The van der Waals surface area contributed by atoms with E-state index >= 15 is 0 Å². The van der Waals surface area contributed by atoms with Gasteiger partial charge < -0.3 is 15.2 Å². The monoisotopic (exact) mass is 307 g/mol. The maximum absolute atomic E-state index is 6.47. The Balaban J connectivity index is 1.89. The number of benzene rings is 1. The number of hydrogen-bond donors (Lipinski definition) is 1. The highest BCUT2D eigenvalue weighted by molar-refractivity contribution is 6.31. The van der Waals surface area contributed by atoms with Crippen molar-refractivity contribution in [2.45, 2.75) is 18.5 Å². The number of nitrogens with two attached hydrogens (primary N) is 1. The van der Waals surface area contributed by atoms with Gasteiger partial charge in [0, 0.05) is 18.6 Å². The van der Waals surface area contributed by atoms with Crippen LogP contribution in [-0.2, 0) is 11.3 Å². The van der Waals surface area contributed by atoms with E-state index < -0.39 is 0 Å². The molecule has 0 bridgehead atoms. The lowest BCUT2D eigenvalue weighted by molar-refractivity contribution is 0.181. The molecule has 0 saturated carbocycles. The van der Waals surface area contributed by atoms with E-state index in [2.05, 4.69) is 11.2 Å². The summed E-state index contributed by atoms with van der Waals surface area (Å²) in [6.45, 7) is 1.75. The standard InChI is InChI=1S/C15H18ClN3O2/c1-20-7-6-19-15(12(16)8-18-19)14(17)11-9-21-13-5-3-2-4-10(11)13/h2-5,8,11,14H,6-7,9,17H2,1H3. The van der Waals surface area contributed by atoms with E-state index in [1.54, 1.807) is 13.3 Å². The van der Waals surface area contributed by atoms with Crippen LogP contribution in [0.15, 0.2) is 30.5 Å². The Kier molecular flexibility index (Phi) is 4.14. The zero-order chi connectivity index (χ0) is 14.8. The van der Waals surface area contributed by atoms with Gasteiger partial charge in [0.05, 0.1) is 42.7 Å². The van der Waals surface area contributed by atoms with Gasteiger partial charge in [-0.25, -0.2) is 0 Å². The first-order valence-corrected chi connectivity index (χ1v) is 7.27. The van der Waals surface area contributed by atoms with Crippen LogP contribution in [0.4, 0.5) is 0 Å². The molecule has 2 atom stereocenters. The van der Waals surface area contributed by atoms with Crippen molar-refractivity contribution in [3.63, 3.8) is 0 Å². The second-order valence-electron chi connectivity index (χ2n) is 5.07. The minimum atomic E-state index is -0.263.